The molecule has 0 aliphatic carbocycles. The molecule has 0 bridgehead atoms. The van der Waals surface area contributed by atoms with Crippen LogP contribution in [0.5, 0.6) is 5.88 Å². The number of hydrogen-bond donors (Lipinski definition) is 1. The van der Waals surface area contributed by atoms with Crippen LogP contribution in [0.3, 0.4) is 0 Å². The lowest BCUT2D eigenvalue weighted by Gasteiger charge is -2.09. The fourth-order valence-electron chi connectivity index (χ4n) is 1.93. The van der Waals surface area contributed by atoms with Gasteiger partial charge >= 0.3 is 0 Å². The van der Waals surface area contributed by atoms with Crippen LogP contribution >= 0.6 is 11.8 Å². The van der Waals surface area contributed by atoms with Crippen molar-refractivity contribution in [1.82, 2.24) is 9.97 Å². The van der Waals surface area contributed by atoms with E-state index in [0.29, 0.717) is 22.7 Å². The maximum Gasteiger partial charge on any atom is 0.289 e. The summed E-state index contributed by atoms with van der Waals surface area (Å²) in [6.45, 7) is 0. The molecule has 0 aliphatic rings. The van der Waals surface area contributed by atoms with E-state index < -0.39 is 0 Å². The van der Waals surface area contributed by atoms with Crippen molar-refractivity contribution in [3.05, 3.63) is 54.6 Å². The van der Waals surface area contributed by atoms with Crippen molar-refractivity contribution in [1.29, 1.82) is 0 Å². The lowest BCUT2D eigenvalue weighted by atomic mass is 10.3. The monoisotopic (exact) mass is 311 g/mol. The standard InChI is InChI=1S/C16H13N3O2S/c1-21-15-14(17-12-9-5-6-10-13(12)18-15)19-16(20)22-11-7-3-2-4-8-11/h2-10H,1H3,(H,17,19,20). The van der Waals surface area contributed by atoms with Gasteiger partial charge in [0.05, 0.1) is 18.1 Å². The second-order valence-corrected chi connectivity index (χ2v) is 5.44. The Balaban J connectivity index is 1.84. The number of nitrogens with zero attached hydrogens (tertiary/aromatic N) is 2. The third-order valence-corrected chi connectivity index (χ3v) is 3.70. The topological polar surface area (TPSA) is 64.1 Å². The first-order chi connectivity index (χ1) is 10.8. The van der Waals surface area contributed by atoms with Gasteiger partial charge in [-0.25, -0.2) is 9.97 Å². The van der Waals surface area contributed by atoms with E-state index in [1.807, 2.05) is 54.6 Å². The Morgan fingerprint density at radius 2 is 1.64 bits per heavy atom. The van der Waals surface area contributed by atoms with Gasteiger partial charge in [-0.3, -0.25) is 10.1 Å². The fraction of sp³-hybridized carbons (Fsp3) is 0.0625. The number of carbonyl (C=O) groups is 1. The molecule has 0 atom stereocenters. The molecule has 0 fully saturated rings. The SMILES string of the molecule is COc1nc2ccccc2nc1NC(=O)Sc1ccccc1. The number of aromatic nitrogens is 2. The van der Waals surface area contributed by atoms with E-state index in [0.717, 1.165) is 16.7 Å². The summed E-state index contributed by atoms with van der Waals surface area (Å²) in [5, 5.41) is 2.49. The van der Waals surface area contributed by atoms with E-state index in [1.165, 1.54) is 7.11 Å². The Kier molecular flexibility index (Phi) is 4.20. The van der Waals surface area contributed by atoms with Gasteiger partial charge < -0.3 is 4.74 Å². The quantitative estimate of drug-likeness (QED) is 0.742. The molecule has 22 heavy (non-hydrogen) atoms. The number of thioether (sulfide) groups is 1. The first-order valence-corrected chi connectivity index (χ1v) is 7.42. The molecule has 1 aromatic heterocycles. The summed E-state index contributed by atoms with van der Waals surface area (Å²) in [7, 11) is 1.50. The van der Waals surface area contributed by atoms with Crippen molar-refractivity contribution < 1.29 is 9.53 Å². The van der Waals surface area contributed by atoms with Crippen LogP contribution in [-0.4, -0.2) is 22.3 Å². The van der Waals surface area contributed by atoms with Crippen LogP contribution in [0.4, 0.5) is 10.6 Å². The summed E-state index contributed by atoms with van der Waals surface area (Å²) in [5.41, 5.74) is 1.41. The number of amides is 1. The second-order valence-electron chi connectivity index (χ2n) is 4.40. The van der Waals surface area contributed by atoms with Crippen molar-refractivity contribution in [2.45, 2.75) is 4.90 Å². The number of para-hydroxylation sites is 2. The molecule has 0 radical (unpaired) electrons. The highest BCUT2D eigenvalue weighted by Crippen LogP contribution is 2.26. The van der Waals surface area contributed by atoms with Crippen LogP contribution in [-0.2, 0) is 0 Å². The van der Waals surface area contributed by atoms with Gasteiger partial charge in [0.2, 0.25) is 0 Å². The molecule has 0 saturated carbocycles. The molecular formula is C16H13N3O2S. The minimum absolute atomic E-state index is 0.242. The normalized spacial score (nSPS) is 10.4. The third kappa shape index (κ3) is 3.17. The Morgan fingerprint density at radius 1 is 1.00 bits per heavy atom. The lowest BCUT2D eigenvalue weighted by molar-refractivity contribution is 0.269. The van der Waals surface area contributed by atoms with E-state index in [1.54, 1.807) is 0 Å². The predicted molar refractivity (Wildman–Crippen MR) is 87.4 cm³/mol. The largest absolute Gasteiger partial charge is 0.478 e. The Morgan fingerprint density at radius 3 is 2.32 bits per heavy atom. The number of rotatable bonds is 3. The molecule has 3 aromatic rings. The van der Waals surface area contributed by atoms with E-state index >= 15 is 0 Å². The molecule has 0 unspecified atom stereocenters. The summed E-state index contributed by atoms with van der Waals surface area (Å²) < 4.78 is 5.21. The number of methoxy groups -OCH3 is 1. The fourth-order valence-corrected chi connectivity index (χ4v) is 2.58. The van der Waals surface area contributed by atoms with Gasteiger partial charge in [-0.2, -0.15) is 0 Å². The number of nitrogens with one attached hydrogen (secondary N) is 1. The molecule has 5 nitrogen and oxygen atoms in total. The van der Waals surface area contributed by atoms with Crippen LogP contribution in [0.15, 0.2) is 59.5 Å². The first kappa shape index (κ1) is 14.3. The van der Waals surface area contributed by atoms with Crippen LogP contribution in [0.2, 0.25) is 0 Å². The highest BCUT2D eigenvalue weighted by molar-refractivity contribution is 8.13. The second kappa shape index (κ2) is 6.44. The maximum absolute atomic E-state index is 12.1. The number of fused-ring (bicyclic) bond motifs is 1. The van der Waals surface area contributed by atoms with E-state index in [4.69, 9.17) is 4.74 Å². The number of ether oxygens (including phenoxy) is 1. The zero-order valence-electron chi connectivity index (χ0n) is 11.8. The van der Waals surface area contributed by atoms with E-state index in [9.17, 15) is 4.79 Å². The maximum atomic E-state index is 12.1. The average Bonchev–Trinajstić information content (AvgIpc) is 2.55. The Hall–Kier alpha value is -2.60. The molecule has 0 aliphatic heterocycles. The number of benzene rings is 2. The molecule has 6 heteroatoms. The number of hydrogen-bond acceptors (Lipinski definition) is 5. The van der Waals surface area contributed by atoms with Crippen LogP contribution in [0.1, 0.15) is 0 Å². The lowest BCUT2D eigenvalue weighted by Crippen LogP contribution is -2.09. The van der Waals surface area contributed by atoms with Gasteiger partial charge in [0.15, 0.2) is 5.82 Å². The summed E-state index contributed by atoms with van der Waals surface area (Å²) in [6, 6.07) is 16.8. The Bertz CT molecular complexity index is 809. The highest BCUT2D eigenvalue weighted by Gasteiger charge is 2.13. The zero-order chi connectivity index (χ0) is 15.4. The minimum atomic E-state index is -0.242. The van der Waals surface area contributed by atoms with Crippen LogP contribution < -0.4 is 10.1 Å². The molecule has 3 rings (SSSR count). The third-order valence-electron chi connectivity index (χ3n) is 2.91. The average molecular weight is 311 g/mol. The molecule has 1 heterocycles. The summed E-state index contributed by atoms with van der Waals surface area (Å²) in [4.78, 5) is 21.7. The van der Waals surface area contributed by atoms with Gasteiger partial charge in [0.25, 0.3) is 11.1 Å². The molecule has 0 spiro atoms. The number of carbonyl (C=O) groups excluding carboxylic acids is 1. The van der Waals surface area contributed by atoms with Crippen LogP contribution in [0, 0.1) is 0 Å². The predicted octanol–water partition coefficient (Wildman–Crippen LogP) is 3.96. The summed E-state index contributed by atoms with van der Waals surface area (Å²) >= 11 is 1.09. The van der Waals surface area contributed by atoms with E-state index in [-0.39, 0.29) is 5.24 Å². The van der Waals surface area contributed by atoms with Gasteiger partial charge in [-0.15, -0.1) is 0 Å². The summed E-state index contributed by atoms with van der Waals surface area (Å²) in [5.74, 6) is 0.607. The van der Waals surface area contributed by atoms with Crippen molar-refractivity contribution in [2.24, 2.45) is 0 Å². The minimum Gasteiger partial charge on any atom is -0.478 e. The molecule has 1 amide bonds. The van der Waals surface area contributed by atoms with Crippen molar-refractivity contribution >= 4 is 33.9 Å². The van der Waals surface area contributed by atoms with Crippen LogP contribution in [0.25, 0.3) is 11.0 Å². The molecule has 1 N–H and O–H groups in total. The van der Waals surface area contributed by atoms with Gasteiger partial charge in [0.1, 0.15) is 0 Å². The smallest absolute Gasteiger partial charge is 0.289 e. The number of anilines is 1. The van der Waals surface area contributed by atoms with Gasteiger partial charge in [0, 0.05) is 4.90 Å². The highest BCUT2D eigenvalue weighted by atomic mass is 32.2. The van der Waals surface area contributed by atoms with E-state index in [2.05, 4.69) is 15.3 Å². The molecule has 2 aromatic carbocycles. The first-order valence-electron chi connectivity index (χ1n) is 6.61. The van der Waals surface area contributed by atoms with Crippen molar-refractivity contribution in [3.8, 4) is 5.88 Å². The van der Waals surface area contributed by atoms with Crippen molar-refractivity contribution in [3.63, 3.8) is 0 Å². The molecule has 110 valence electrons. The molecule has 0 saturated heterocycles. The van der Waals surface area contributed by atoms with Gasteiger partial charge in [-0.1, -0.05) is 30.3 Å². The Labute approximate surface area is 131 Å². The molecular weight excluding hydrogens is 298 g/mol. The van der Waals surface area contributed by atoms with Crippen molar-refractivity contribution in [2.75, 3.05) is 12.4 Å². The van der Waals surface area contributed by atoms with Gasteiger partial charge in [-0.05, 0) is 36.0 Å². The zero-order valence-corrected chi connectivity index (χ0v) is 12.6. The summed E-state index contributed by atoms with van der Waals surface area (Å²) in [6.07, 6.45) is 0.